The minimum absolute atomic E-state index is 0.114. The molecule has 0 saturated carbocycles. The number of hydrogen-bond donors (Lipinski definition) is 0. The van der Waals surface area contributed by atoms with Crippen LogP contribution in [-0.2, 0) is 0 Å². The predicted molar refractivity (Wildman–Crippen MR) is 112 cm³/mol. The Morgan fingerprint density at radius 1 is 0.935 bits per heavy atom. The van der Waals surface area contributed by atoms with E-state index in [9.17, 15) is 9.59 Å². The third-order valence-corrected chi connectivity index (χ3v) is 5.58. The lowest BCUT2D eigenvalue weighted by Gasteiger charge is -2.14. The van der Waals surface area contributed by atoms with Crippen LogP contribution in [-0.4, -0.2) is 33.4 Å². The van der Waals surface area contributed by atoms with Crippen LogP contribution < -0.4 is 14.4 Å². The van der Waals surface area contributed by atoms with Crippen molar-refractivity contribution in [3.05, 3.63) is 71.0 Å². The van der Waals surface area contributed by atoms with E-state index < -0.39 is 11.8 Å². The van der Waals surface area contributed by atoms with Crippen molar-refractivity contribution in [2.75, 3.05) is 11.7 Å². The minimum Gasteiger partial charge on any atom is -0.454 e. The molecule has 152 valence electrons. The molecule has 0 spiro atoms. The summed E-state index contributed by atoms with van der Waals surface area (Å²) in [6.07, 6.45) is 1.46. The van der Waals surface area contributed by atoms with Crippen molar-refractivity contribution in [1.29, 1.82) is 0 Å². The fourth-order valence-corrected chi connectivity index (χ4v) is 4.16. The van der Waals surface area contributed by atoms with E-state index in [1.54, 1.807) is 22.9 Å². The number of aromatic nitrogens is 3. The first kappa shape index (κ1) is 17.6. The molecule has 8 nitrogen and oxygen atoms in total. The number of benzene rings is 2. The monoisotopic (exact) mass is 412 g/mol. The van der Waals surface area contributed by atoms with E-state index in [4.69, 9.17) is 9.47 Å². The van der Waals surface area contributed by atoms with E-state index in [2.05, 4.69) is 10.1 Å². The molecule has 0 radical (unpaired) electrons. The maximum atomic E-state index is 13.4. The van der Waals surface area contributed by atoms with Gasteiger partial charge in [-0.15, -0.1) is 0 Å². The molecule has 2 aromatic heterocycles. The van der Waals surface area contributed by atoms with Gasteiger partial charge in [0.1, 0.15) is 0 Å². The van der Waals surface area contributed by atoms with Crippen LogP contribution in [0.25, 0.3) is 16.7 Å². The van der Waals surface area contributed by atoms with E-state index in [1.807, 2.05) is 38.1 Å². The van der Waals surface area contributed by atoms with Crippen LogP contribution in [0.1, 0.15) is 32.0 Å². The Bertz CT molecular complexity index is 1440. The topological polar surface area (TPSA) is 86.6 Å². The molecule has 0 N–H and O–H groups in total. The number of amides is 2. The first-order valence-corrected chi connectivity index (χ1v) is 9.77. The average molecular weight is 412 g/mol. The molecular formula is C23H16N4O4. The van der Waals surface area contributed by atoms with Crippen molar-refractivity contribution < 1.29 is 19.1 Å². The van der Waals surface area contributed by atoms with Gasteiger partial charge >= 0.3 is 0 Å². The van der Waals surface area contributed by atoms with Gasteiger partial charge in [0.15, 0.2) is 17.1 Å². The highest BCUT2D eigenvalue weighted by Crippen LogP contribution is 2.39. The Morgan fingerprint density at radius 3 is 2.61 bits per heavy atom. The third kappa shape index (κ3) is 2.41. The van der Waals surface area contributed by atoms with Gasteiger partial charge in [-0.2, -0.15) is 5.10 Å². The number of carbonyl (C=O) groups is 2. The molecule has 0 aliphatic carbocycles. The number of nitrogens with zero attached hydrogens (tertiary/aromatic N) is 4. The van der Waals surface area contributed by atoms with Gasteiger partial charge in [0.25, 0.3) is 11.8 Å². The Kier molecular flexibility index (Phi) is 3.50. The lowest BCUT2D eigenvalue weighted by atomic mass is 10.1. The fraction of sp³-hybridized carbons (Fsp3) is 0.130. The lowest BCUT2D eigenvalue weighted by molar-refractivity contribution is 0.0926. The van der Waals surface area contributed by atoms with Crippen LogP contribution in [0.4, 0.5) is 5.69 Å². The second-order valence-corrected chi connectivity index (χ2v) is 7.56. The molecule has 0 atom stereocenters. The summed E-state index contributed by atoms with van der Waals surface area (Å²) in [5.74, 6) is 0.259. The summed E-state index contributed by atoms with van der Waals surface area (Å²) in [5, 5.41) is 5.20. The molecule has 4 heterocycles. The zero-order valence-electron chi connectivity index (χ0n) is 16.7. The smallest absolute Gasteiger partial charge is 0.267 e. The molecule has 2 aromatic carbocycles. The summed E-state index contributed by atoms with van der Waals surface area (Å²) in [7, 11) is 0. The van der Waals surface area contributed by atoms with Crippen LogP contribution in [0.5, 0.6) is 11.5 Å². The molecule has 4 aromatic rings. The Morgan fingerprint density at radius 2 is 1.77 bits per heavy atom. The first-order chi connectivity index (χ1) is 15.0. The molecule has 8 heteroatoms. The van der Waals surface area contributed by atoms with Crippen LogP contribution >= 0.6 is 0 Å². The number of anilines is 1. The maximum absolute atomic E-state index is 13.4. The highest BCUT2D eigenvalue weighted by atomic mass is 16.7. The largest absolute Gasteiger partial charge is 0.454 e. The van der Waals surface area contributed by atoms with Gasteiger partial charge in [0, 0.05) is 12.3 Å². The molecule has 31 heavy (non-hydrogen) atoms. The molecule has 2 aliphatic rings. The third-order valence-electron chi connectivity index (χ3n) is 5.58. The van der Waals surface area contributed by atoms with Gasteiger partial charge < -0.3 is 9.47 Å². The lowest BCUT2D eigenvalue weighted by Crippen LogP contribution is -2.29. The molecule has 0 bridgehead atoms. The van der Waals surface area contributed by atoms with E-state index in [1.165, 1.54) is 6.20 Å². The van der Waals surface area contributed by atoms with Crippen LogP contribution in [0.3, 0.4) is 0 Å². The number of carbonyl (C=O) groups excluding carboxylic acids is 2. The zero-order chi connectivity index (χ0) is 21.3. The van der Waals surface area contributed by atoms with E-state index in [0.29, 0.717) is 39.5 Å². The molecule has 6 rings (SSSR count). The molecule has 2 aliphatic heterocycles. The Balaban J connectivity index is 1.52. The number of hydrogen-bond acceptors (Lipinski definition) is 6. The Hall–Kier alpha value is -4.20. The van der Waals surface area contributed by atoms with Crippen molar-refractivity contribution in [3.8, 4) is 17.2 Å². The van der Waals surface area contributed by atoms with E-state index >= 15 is 0 Å². The molecule has 0 fully saturated rings. The standard InChI is InChI=1S/C23H16N4O4/c1-12-4-3-5-15(8-12)27-21-19(13(2)25-27)20-16(10-24-21)22(28)26(23(20)29)14-6-7-17-18(9-14)31-11-30-17/h3-10H,11H2,1-2H3. The highest BCUT2D eigenvalue weighted by molar-refractivity contribution is 6.37. The SMILES string of the molecule is Cc1cccc(-n2nc(C)c3c4c(cnc32)C(=O)N(c2ccc3c(c2)OCO3)C4=O)c1. The van der Waals surface area contributed by atoms with Gasteiger partial charge in [-0.1, -0.05) is 12.1 Å². The number of aryl methyl sites for hydroxylation is 2. The van der Waals surface area contributed by atoms with Gasteiger partial charge in [0.2, 0.25) is 6.79 Å². The van der Waals surface area contributed by atoms with Gasteiger partial charge in [-0.05, 0) is 43.7 Å². The van der Waals surface area contributed by atoms with Crippen molar-refractivity contribution >= 4 is 28.5 Å². The summed E-state index contributed by atoms with van der Waals surface area (Å²) in [6, 6.07) is 12.9. The fourth-order valence-electron chi connectivity index (χ4n) is 4.16. The Labute approximate surface area is 176 Å². The summed E-state index contributed by atoms with van der Waals surface area (Å²) in [6.45, 7) is 3.93. The highest BCUT2D eigenvalue weighted by Gasteiger charge is 2.40. The van der Waals surface area contributed by atoms with Crippen LogP contribution in [0.15, 0.2) is 48.7 Å². The maximum Gasteiger partial charge on any atom is 0.267 e. The van der Waals surface area contributed by atoms with Crippen molar-refractivity contribution in [2.24, 2.45) is 0 Å². The summed E-state index contributed by atoms with van der Waals surface area (Å²) >= 11 is 0. The number of pyridine rings is 1. The molecule has 2 amide bonds. The number of rotatable bonds is 2. The summed E-state index contributed by atoms with van der Waals surface area (Å²) < 4.78 is 12.4. The molecule has 0 saturated heterocycles. The summed E-state index contributed by atoms with van der Waals surface area (Å²) in [4.78, 5) is 32.2. The van der Waals surface area contributed by atoms with E-state index in [0.717, 1.165) is 16.2 Å². The van der Waals surface area contributed by atoms with Gasteiger partial charge in [0.05, 0.1) is 33.6 Å². The first-order valence-electron chi connectivity index (χ1n) is 9.77. The number of ether oxygens (including phenoxy) is 2. The normalized spacial score (nSPS) is 14.6. The van der Waals surface area contributed by atoms with Crippen molar-refractivity contribution in [1.82, 2.24) is 14.8 Å². The van der Waals surface area contributed by atoms with Gasteiger partial charge in [-0.25, -0.2) is 14.6 Å². The predicted octanol–water partition coefficient (Wildman–Crippen LogP) is 3.57. The quantitative estimate of drug-likeness (QED) is 0.468. The van der Waals surface area contributed by atoms with E-state index in [-0.39, 0.29) is 12.4 Å². The zero-order valence-corrected chi connectivity index (χ0v) is 16.7. The van der Waals surface area contributed by atoms with Crippen molar-refractivity contribution in [2.45, 2.75) is 13.8 Å². The van der Waals surface area contributed by atoms with Gasteiger partial charge in [-0.3, -0.25) is 9.59 Å². The second-order valence-electron chi connectivity index (χ2n) is 7.56. The molecule has 0 unspecified atom stereocenters. The van der Waals surface area contributed by atoms with Crippen LogP contribution in [0.2, 0.25) is 0 Å². The van der Waals surface area contributed by atoms with Crippen LogP contribution in [0, 0.1) is 13.8 Å². The summed E-state index contributed by atoms with van der Waals surface area (Å²) in [5.41, 5.74) is 4.11. The van der Waals surface area contributed by atoms with Crippen molar-refractivity contribution in [3.63, 3.8) is 0 Å². The minimum atomic E-state index is -0.420. The second kappa shape index (κ2) is 6.15. The number of fused-ring (bicyclic) bond motifs is 4. The average Bonchev–Trinajstić information content (AvgIpc) is 3.43. The molecular weight excluding hydrogens is 396 g/mol. The number of imide groups is 1.